The Morgan fingerprint density at radius 2 is 2.27 bits per heavy atom. The van der Waals surface area contributed by atoms with Crippen molar-refractivity contribution >= 4 is 27.6 Å². The average molecular weight is 248 g/mol. The molecule has 0 radical (unpaired) electrons. The van der Waals surface area contributed by atoms with Crippen LogP contribution in [0.15, 0.2) is 17.4 Å². The van der Waals surface area contributed by atoms with Crippen molar-refractivity contribution in [1.82, 2.24) is 9.97 Å². The third-order valence-electron chi connectivity index (χ3n) is 1.54. The maximum absolute atomic E-state index is 10.6. The van der Waals surface area contributed by atoms with E-state index in [1.165, 1.54) is 18.1 Å². The number of primary sulfonamides is 1. The molecule has 84 valence electrons. The molecule has 1 rings (SSSR count). The number of nitrogens with zero attached hydrogens (tertiary/aromatic N) is 2. The molecule has 0 fully saturated rings. The highest BCUT2D eigenvalue weighted by molar-refractivity contribution is 7.98. The number of thioether (sulfide) groups is 1. The van der Waals surface area contributed by atoms with Crippen LogP contribution in [-0.4, -0.2) is 36.9 Å². The molecule has 0 aliphatic carbocycles. The molecule has 8 heteroatoms. The lowest BCUT2D eigenvalue weighted by Crippen LogP contribution is -2.22. The van der Waals surface area contributed by atoms with E-state index in [0.29, 0.717) is 5.82 Å². The van der Waals surface area contributed by atoms with Crippen LogP contribution >= 0.6 is 11.8 Å². The van der Waals surface area contributed by atoms with E-state index in [0.717, 1.165) is 5.03 Å². The molecule has 6 nitrogen and oxygen atoms in total. The van der Waals surface area contributed by atoms with Gasteiger partial charge in [0.25, 0.3) is 0 Å². The second kappa shape index (κ2) is 5.29. The van der Waals surface area contributed by atoms with Gasteiger partial charge in [-0.25, -0.2) is 23.5 Å². The van der Waals surface area contributed by atoms with Gasteiger partial charge in [-0.3, -0.25) is 0 Å². The van der Waals surface area contributed by atoms with Gasteiger partial charge in [0.1, 0.15) is 17.2 Å². The topological polar surface area (TPSA) is 98.0 Å². The zero-order valence-corrected chi connectivity index (χ0v) is 9.81. The number of sulfonamides is 1. The summed E-state index contributed by atoms with van der Waals surface area (Å²) < 4.78 is 21.3. The number of anilines is 1. The summed E-state index contributed by atoms with van der Waals surface area (Å²) in [7, 11) is -3.42. The third-order valence-corrected chi connectivity index (χ3v) is 2.96. The van der Waals surface area contributed by atoms with Crippen molar-refractivity contribution in [2.75, 3.05) is 23.9 Å². The Labute approximate surface area is 92.7 Å². The monoisotopic (exact) mass is 248 g/mol. The quantitative estimate of drug-likeness (QED) is 0.557. The number of rotatable bonds is 5. The van der Waals surface area contributed by atoms with Crippen LogP contribution in [0.4, 0.5) is 5.82 Å². The van der Waals surface area contributed by atoms with E-state index in [9.17, 15) is 8.42 Å². The number of aromatic nitrogens is 2. The molecule has 1 heterocycles. The van der Waals surface area contributed by atoms with E-state index in [4.69, 9.17) is 5.14 Å². The second-order valence-corrected chi connectivity index (χ2v) is 5.30. The molecule has 0 atom stereocenters. The fourth-order valence-electron chi connectivity index (χ4n) is 0.869. The minimum Gasteiger partial charge on any atom is -0.369 e. The van der Waals surface area contributed by atoms with E-state index >= 15 is 0 Å². The van der Waals surface area contributed by atoms with Gasteiger partial charge in [-0.2, -0.15) is 0 Å². The van der Waals surface area contributed by atoms with Crippen LogP contribution in [0.3, 0.4) is 0 Å². The van der Waals surface area contributed by atoms with E-state index < -0.39 is 10.0 Å². The summed E-state index contributed by atoms with van der Waals surface area (Å²) in [5.74, 6) is 0.476. The molecule has 0 spiro atoms. The van der Waals surface area contributed by atoms with E-state index in [1.54, 1.807) is 6.07 Å². The molecule has 0 amide bonds. The Morgan fingerprint density at radius 1 is 1.53 bits per heavy atom. The molecular weight excluding hydrogens is 236 g/mol. The van der Waals surface area contributed by atoms with Crippen LogP contribution in [0.1, 0.15) is 0 Å². The van der Waals surface area contributed by atoms with Gasteiger partial charge in [-0.1, -0.05) is 0 Å². The Hall–Kier alpha value is -0.860. The maximum atomic E-state index is 10.6. The number of hydrogen-bond donors (Lipinski definition) is 2. The number of hydrogen-bond acceptors (Lipinski definition) is 6. The first-order valence-corrected chi connectivity index (χ1v) is 7.05. The van der Waals surface area contributed by atoms with Crippen LogP contribution in [0.25, 0.3) is 0 Å². The SMILES string of the molecule is CSc1cc(NCCS(N)(=O)=O)ncn1. The Morgan fingerprint density at radius 3 is 2.87 bits per heavy atom. The van der Waals surface area contributed by atoms with Crippen molar-refractivity contribution in [1.29, 1.82) is 0 Å². The molecule has 15 heavy (non-hydrogen) atoms. The Balaban J connectivity index is 2.51. The third kappa shape index (κ3) is 4.96. The van der Waals surface area contributed by atoms with Gasteiger partial charge in [-0.15, -0.1) is 11.8 Å². The lowest BCUT2D eigenvalue weighted by Gasteiger charge is -2.04. The molecule has 1 aromatic heterocycles. The van der Waals surface area contributed by atoms with Gasteiger partial charge in [-0.05, 0) is 6.26 Å². The normalized spacial score (nSPS) is 11.3. The van der Waals surface area contributed by atoms with Gasteiger partial charge >= 0.3 is 0 Å². The van der Waals surface area contributed by atoms with Crippen molar-refractivity contribution in [2.45, 2.75) is 5.03 Å². The molecule has 0 saturated heterocycles. The van der Waals surface area contributed by atoms with Crippen molar-refractivity contribution in [3.8, 4) is 0 Å². The highest BCUT2D eigenvalue weighted by atomic mass is 32.2. The van der Waals surface area contributed by atoms with Crippen molar-refractivity contribution in [2.24, 2.45) is 5.14 Å². The van der Waals surface area contributed by atoms with Crippen LogP contribution in [0.5, 0.6) is 0 Å². The van der Waals surface area contributed by atoms with Crippen molar-refractivity contribution in [3.63, 3.8) is 0 Å². The zero-order chi connectivity index (χ0) is 11.3. The summed E-state index contributed by atoms with van der Waals surface area (Å²) in [5.41, 5.74) is 0. The van der Waals surface area contributed by atoms with Gasteiger partial charge in [0.2, 0.25) is 10.0 Å². The van der Waals surface area contributed by atoms with Gasteiger partial charge in [0.15, 0.2) is 0 Å². The highest BCUT2D eigenvalue weighted by Gasteiger charge is 2.02. The smallest absolute Gasteiger partial charge is 0.210 e. The summed E-state index contributed by atoms with van der Waals surface area (Å²) in [4.78, 5) is 7.92. The minimum atomic E-state index is -3.42. The molecule has 3 N–H and O–H groups in total. The van der Waals surface area contributed by atoms with Gasteiger partial charge < -0.3 is 5.32 Å². The predicted molar refractivity (Wildman–Crippen MR) is 60.3 cm³/mol. The first-order chi connectivity index (χ1) is 7.01. The largest absolute Gasteiger partial charge is 0.369 e. The maximum Gasteiger partial charge on any atom is 0.210 e. The van der Waals surface area contributed by atoms with Crippen LogP contribution in [-0.2, 0) is 10.0 Å². The first-order valence-electron chi connectivity index (χ1n) is 4.11. The van der Waals surface area contributed by atoms with E-state index in [1.807, 2.05) is 6.26 Å². The lowest BCUT2D eigenvalue weighted by molar-refractivity contribution is 0.598. The molecular formula is C7H12N4O2S2. The van der Waals surface area contributed by atoms with Crippen LogP contribution in [0.2, 0.25) is 0 Å². The summed E-state index contributed by atoms with van der Waals surface area (Å²) >= 11 is 1.49. The fraction of sp³-hybridized carbons (Fsp3) is 0.429. The highest BCUT2D eigenvalue weighted by Crippen LogP contribution is 2.13. The van der Waals surface area contributed by atoms with E-state index in [-0.39, 0.29) is 12.3 Å². The van der Waals surface area contributed by atoms with Gasteiger partial charge in [0.05, 0.1) is 5.75 Å². The molecule has 0 saturated carbocycles. The van der Waals surface area contributed by atoms with Crippen LogP contribution < -0.4 is 10.5 Å². The number of nitrogens with two attached hydrogens (primary N) is 1. The van der Waals surface area contributed by atoms with Crippen molar-refractivity contribution < 1.29 is 8.42 Å². The molecule has 0 aromatic carbocycles. The first kappa shape index (κ1) is 12.2. The Kier molecular flexibility index (Phi) is 4.30. The van der Waals surface area contributed by atoms with Crippen molar-refractivity contribution in [3.05, 3.63) is 12.4 Å². The summed E-state index contributed by atoms with van der Waals surface area (Å²) in [6.07, 6.45) is 3.32. The molecule has 0 aliphatic heterocycles. The summed E-state index contributed by atoms with van der Waals surface area (Å²) in [6, 6.07) is 1.74. The molecule has 0 unspecified atom stereocenters. The minimum absolute atomic E-state index is 0.119. The zero-order valence-electron chi connectivity index (χ0n) is 8.17. The molecule has 0 bridgehead atoms. The lowest BCUT2D eigenvalue weighted by atomic mass is 10.5. The van der Waals surface area contributed by atoms with E-state index in [2.05, 4.69) is 15.3 Å². The second-order valence-electron chi connectivity index (χ2n) is 2.74. The molecule has 1 aromatic rings. The average Bonchev–Trinajstić information content (AvgIpc) is 2.16. The standard InChI is InChI=1S/C7H12N4O2S2/c1-14-7-4-6(10-5-11-7)9-2-3-15(8,12)13/h4-5H,2-3H2,1H3,(H2,8,12,13)(H,9,10,11). The fourth-order valence-corrected chi connectivity index (χ4v) is 1.64. The summed E-state index contributed by atoms with van der Waals surface area (Å²) in [6.45, 7) is 0.240. The number of nitrogens with one attached hydrogen (secondary N) is 1. The van der Waals surface area contributed by atoms with Crippen LogP contribution in [0, 0.1) is 0 Å². The van der Waals surface area contributed by atoms with Gasteiger partial charge in [0, 0.05) is 12.6 Å². The summed E-state index contributed by atoms with van der Waals surface area (Å²) in [5, 5.41) is 8.53. The predicted octanol–water partition coefficient (Wildman–Crippen LogP) is -0.101. The Bertz CT molecular complexity index is 421. The molecule has 0 aliphatic rings.